The molecule has 1 aliphatic carbocycles. The van der Waals surface area contributed by atoms with Crippen LogP contribution in [-0.4, -0.2) is 32.0 Å². The van der Waals surface area contributed by atoms with E-state index in [1.807, 2.05) is 19.1 Å². The molecule has 182 valence electrons. The third-order valence-electron chi connectivity index (χ3n) is 6.49. The number of sulfone groups is 1. The smallest absolute Gasteiger partial charge is 0.150 e. The quantitative estimate of drug-likeness (QED) is 0.339. The maximum Gasteiger partial charge on any atom is 0.150 e. The van der Waals surface area contributed by atoms with Crippen molar-refractivity contribution in [3.05, 3.63) is 68.7 Å². The Morgan fingerprint density at radius 3 is 2.45 bits per heavy atom. The zero-order valence-corrected chi connectivity index (χ0v) is 22.4. The van der Waals surface area contributed by atoms with E-state index in [4.69, 9.17) is 23.2 Å². The molecule has 2 atom stereocenters. The largest absolute Gasteiger partial charge is 0.311 e. The molecule has 0 fully saturated rings. The van der Waals surface area contributed by atoms with E-state index >= 15 is 0 Å². The highest BCUT2D eigenvalue weighted by molar-refractivity contribution is 7.91. The van der Waals surface area contributed by atoms with Gasteiger partial charge in [0, 0.05) is 23.8 Å². The average molecular weight is 511 g/mol. The molecule has 1 N–H and O–H groups in total. The first-order chi connectivity index (χ1) is 15.7. The van der Waals surface area contributed by atoms with Gasteiger partial charge in [-0.05, 0) is 79.3 Å². The molecule has 2 unspecified atom stereocenters. The van der Waals surface area contributed by atoms with Crippen molar-refractivity contribution in [1.29, 1.82) is 0 Å². The van der Waals surface area contributed by atoms with Crippen LogP contribution in [0.2, 0.25) is 10.0 Å². The Morgan fingerprint density at radius 2 is 1.76 bits per heavy atom. The molecule has 2 aromatic rings. The van der Waals surface area contributed by atoms with Crippen LogP contribution in [-0.2, 0) is 29.1 Å². The van der Waals surface area contributed by atoms with Crippen molar-refractivity contribution in [3.8, 4) is 0 Å². The van der Waals surface area contributed by atoms with E-state index in [2.05, 4.69) is 43.4 Å². The van der Waals surface area contributed by atoms with Crippen molar-refractivity contribution in [2.24, 2.45) is 0 Å². The van der Waals surface area contributed by atoms with E-state index in [0.717, 1.165) is 38.5 Å². The fourth-order valence-electron chi connectivity index (χ4n) is 4.97. The molecule has 0 bridgehead atoms. The van der Waals surface area contributed by atoms with Crippen LogP contribution in [0.1, 0.15) is 74.6 Å². The second-order valence-corrected chi connectivity index (χ2v) is 12.8. The first-order valence-corrected chi connectivity index (χ1v) is 14.8. The summed E-state index contributed by atoms with van der Waals surface area (Å²) in [5.74, 6) is 0.955. The Hall–Kier alpha value is -1.07. The van der Waals surface area contributed by atoms with Crippen LogP contribution in [0.4, 0.5) is 0 Å². The van der Waals surface area contributed by atoms with Crippen LogP contribution >= 0.6 is 23.2 Å². The van der Waals surface area contributed by atoms with Crippen LogP contribution in [0, 0.1) is 0 Å². The van der Waals surface area contributed by atoms with Crippen LogP contribution in [0.15, 0.2) is 36.4 Å². The Bertz CT molecular complexity index is 1040. The highest BCUT2D eigenvalue weighted by Gasteiger charge is 2.30. The summed E-state index contributed by atoms with van der Waals surface area (Å²) < 4.78 is 24.0. The predicted molar refractivity (Wildman–Crippen MR) is 142 cm³/mol. The van der Waals surface area contributed by atoms with Crippen LogP contribution in [0.5, 0.6) is 0 Å². The number of benzene rings is 2. The molecule has 33 heavy (non-hydrogen) atoms. The number of aryl methyl sites for hydroxylation is 2. The summed E-state index contributed by atoms with van der Waals surface area (Å²) in [5, 5.41) is 4.98. The fraction of sp³-hybridized carbons (Fsp3) is 0.556. The number of nitrogens with one attached hydrogen (secondary N) is 1. The highest BCUT2D eigenvalue weighted by atomic mass is 35.5. The summed E-state index contributed by atoms with van der Waals surface area (Å²) in [6, 6.07) is 13.7. The van der Waals surface area contributed by atoms with Crippen molar-refractivity contribution in [2.75, 3.05) is 11.5 Å². The summed E-state index contributed by atoms with van der Waals surface area (Å²) in [5.41, 5.74) is 5.34. The predicted octanol–water partition coefficient (Wildman–Crippen LogP) is 6.78. The third kappa shape index (κ3) is 7.71. The molecular formula is C27H37Cl2NO2S. The summed E-state index contributed by atoms with van der Waals surface area (Å²) in [6.07, 6.45) is 6.33. The van der Waals surface area contributed by atoms with Gasteiger partial charge in [0.2, 0.25) is 0 Å². The number of unbranched alkanes of at least 4 members (excludes halogenated alkanes) is 1. The van der Waals surface area contributed by atoms with Crippen molar-refractivity contribution in [1.82, 2.24) is 5.32 Å². The average Bonchev–Trinajstić information content (AvgIpc) is 2.75. The molecule has 0 spiro atoms. The zero-order valence-electron chi connectivity index (χ0n) is 20.0. The monoisotopic (exact) mass is 509 g/mol. The molecule has 3 rings (SSSR count). The Kier molecular flexibility index (Phi) is 9.70. The molecular weight excluding hydrogens is 473 g/mol. The number of rotatable bonds is 11. The van der Waals surface area contributed by atoms with E-state index in [1.54, 1.807) is 0 Å². The van der Waals surface area contributed by atoms with Gasteiger partial charge < -0.3 is 5.32 Å². The van der Waals surface area contributed by atoms with Crippen LogP contribution < -0.4 is 5.32 Å². The number of hydrogen-bond acceptors (Lipinski definition) is 3. The van der Waals surface area contributed by atoms with Crippen LogP contribution in [0.3, 0.4) is 0 Å². The summed E-state index contributed by atoms with van der Waals surface area (Å²) >= 11 is 12.5. The summed E-state index contributed by atoms with van der Waals surface area (Å²) in [4.78, 5) is 0. The van der Waals surface area contributed by atoms with Gasteiger partial charge in [-0.25, -0.2) is 8.42 Å². The van der Waals surface area contributed by atoms with Gasteiger partial charge in [0.25, 0.3) is 0 Å². The second kappa shape index (κ2) is 12.1. The Balaban J connectivity index is 1.77. The molecule has 3 nitrogen and oxygen atoms in total. The zero-order chi connectivity index (χ0) is 24.0. The third-order valence-corrected chi connectivity index (χ3v) is 9.17. The second-order valence-electron chi connectivity index (χ2n) is 9.67. The molecule has 6 heteroatoms. The van der Waals surface area contributed by atoms with Crippen molar-refractivity contribution in [2.45, 2.75) is 83.7 Å². The first kappa shape index (κ1) is 26.5. The van der Waals surface area contributed by atoms with Crippen molar-refractivity contribution >= 4 is 33.0 Å². The minimum atomic E-state index is -2.90. The molecule has 0 amide bonds. The number of halogens is 2. The van der Waals surface area contributed by atoms with E-state index in [0.29, 0.717) is 46.0 Å². The highest BCUT2D eigenvalue weighted by Crippen LogP contribution is 2.36. The topological polar surface area (TPSA) is 46.2 Å². The molecule has 1 aliphatic rings. The standard InChI is InChI=1S/C27H37Cl2NO2S/c1-4-14-33(31,32)15-6-5-7-20-8-10-22-11-13-27(30-19(2)3)24(23(22)16-20)17-21-9-12-25(28)26(29)18-21/h8-10,12,16,18-19,24,27,30H,4-7,11,13-15,17H2,1-3H3. The van der Waals surface area contributed by atoms with Gasteiger partial charge in [-0.3, -0.25) is 0 Å². The van der Waals surface area contributed by atoms with E-state index in [1.165, 1.54) is 22.3 Å². The SMILES string of the molecule is CCCS(=O)(=O)CCCCc1ccc2c(c1)C(Cc1ccc(Cl)c(Cl)c1)C(NC(C)C)CC2. The fourth-order valence-corrected chi connectivity index (χ4v) is 6.76. The molecule has 0 heterocycles. The normalized spacial score (nSPS) is 18.5. The molecule has 0 radical (unpaired) electrons. The Labute approximate surface area is 210 Å². The van der Waals surface area contributed by atoms with Crippen LogP contribution in [0.25, 0.3) is 0 Å². The van der Waals surface area contributed by atoms with Crippen molar-refractivity contribution in [3.63, 3.8) is 0 Å². The maximum atomic E-state index is 12.0. The lowest BCUT2D eigenvalue weighted by atomic mass is 9.75. The first-order valence-electron chi connectivity index (χ1n) is 12.2. The van der Waals surface area contributed by atoms with Gasteiger partial charge >= 0.3 is 0 Å². The van der Waals surface area contributed by atoms with Gasteiger partial charge in [0.05, 0.1) is 15.8 Å². The summed E-state index contributed by atoms with van der Waals surface area (Å²) in [7, 11) is -2.90. The minimum absolute atomic E-state index is 0.298. The van der Waals surface area contributed by atoms with Gasteiger partial charge in [-0.15, -0.1) is 0 Å². The number of fused-ring (bicyclic) bond motifs is 1. The van der Waals surface area contributed by atoms with Gasteiger partial charge in [-0.2, -0.15) is 0 Å². The van der Waals surface area contributed by atoms with Crippen molar-refractivity contribution < 1.29 is 8.42 Å². The molecule has 0 aliphatic heterocycles. The number of hydrogen-bond donors (Lipinski definition) is 1. The molecule has 0 saturated heterocycles. The Morgan fingerprint density at radius 1 is 1.00 bits per heavy atom. The van der Waals surface area contributed by atoms with Gasteiger partial charge in [0.1, 0.15) is 9.84 Å². The lowest BCUT2D eigenvalue weighted by Gasteiger charge is -2.36. The maximum absolute atomic E-state index is 12.0. The van der Waals surface area contributed by atoms with E-state index < -0.39 is 9.84 Å². The molecule has 0 saturated carbocycles. The van der Waals surface area contributed by atoms with Gasteiger partial charge in [0.15, 0.2) is 0 Å². The van der Waals surface area contributed by atoms with E-state index in [-0.39, 0.29) is 0 Å². The lowest BCUT2D eigenvalue weighted by Crippen LogP contribution is -2.42. The summed E-state index contributed by atoms with van der Waals surface area (Å²) in [6.45, 7) is 6.32. The van der Waals surface area contributed by atoms with E-state index in [9.17, 15) is 8.42 Å². The minimum Gasteiger partial charge on any atom is -0.311 e. The lowest BCUT2D eigenvalue weighted by molar-refractivity contribution is 0.359. The van der Waals surface area contributed by atoms with Gasteiger partial charge in [-0.1, -0.05) is 68.2 Å². The molecule has 0 aromatic heterocycles. The molecule has 2 aromatic carbocycles.